The molecule has 1 aliphatic carbocycles. The van der Waals surface area contributed by atoms with Crippen LogP contribution in [-0.4, -0.2) is 29.8 Å². The normalized spacial score (nSPS) is 25.9. The van der Waals surface area contributed by atoms with E-state index >= 15 is 0 Å². The molecule has 0 unspecified atom stereocenters. The highest BCUT2D eigenvalue weighted by atomic mass is 16.1. The van der Waals surface area contributed by atoms with Crippen molar-refractivity contribution >= 4 is 5.78 Å². The molecule has 0 radical (unpaired) electrons. The van der Waals surface area contributed by atoms with E-state index in [1.807, 2.05) is 0 Å². The van der Waals surface area contributed by atoms with Gasteiger partial charge in [-0.25, -0.2) is 0 Å². The second kappa shape index (κ2) is 5.51. The molecule has 1 aliphatic heterocycles. The predicted molar refractivity (Wildman–Crippen MR) is 71.1 cm³/mol. The van der Waals surface area contributed by atoms with Gasteiger partial charge in [0.1, 0.15) is 5.78 Å². The maximum absolute atomic E-state index is 11.3. The lowest BCUT2D eigenvalue weighted by atomic mass is 9.71. The fraction of sp³-hybridized carbons (Fsp3) is 0.933. The first-order valence-corrected chi connectivity index (χ1v) is 7.45. The molecule has 0 N–H and O–H groups in total. The van der Waals surface area contributed by atoms with E-state index in [2.05, 4.69) is 18.7 Å². The molecule has 0 aromatic rings. The highest BCUT2D eigenvalue weighted by molar-refractivity contribution is 5.79. The molecule has 0 amide bonds. The zero-order valence-corrected chi connectivity index (χ0v) is 11.5. The van der Waals surface area contributed by atoms with E-state index in [1.54, 1.807) is 0 Å². The standard InChI is InChI=1S/C15H27NO/c1-3-9-15(10-4-2)11-16(12-15)13-5-7-14(17)8-6-13/h13H,3-12H2,1-2H3. The Bertz CT molecular complexity index is 250. The van der Waals surface area contributed by atoms with Crippen LogP contribution in [0.1, 0.15) is 65.2 Å². The highest BCUT2D eigenvalue weighted by Crippen LogP contribution is 2.42. The number of rotatable bonds is 5. The third-order valence-corrected chi connectivity index (χ3v) is 4.67. The summed E-state index contributed by atoms with van der Waals surface area (Å²) in [5.74, 6) is 0.482. The van der Waals surface area contributed by atoms with Gasteiger partial charge in [-0.05, 0) is 31.1 Å². The Morgan fingerprint density at radius 1 is 1.12 bits per heavy atom. The van der Waals surface area contributed by atoms with Gasteiger partial charge in [0.05, 0.1) is 0 Å². The average molecular weight is 237 g/mol. The van der Waals surface area contributed by atoms with E-state index in [9.17, 15) is 4.79 Å². The zero-order valence-electron chi connectivity index (χ0n) is 11.5. The Morgan fingerprint density at radius 2 is 1.65 bits per heavy atom. The molecular weight excluding hydrogens is 210 g/mol. The molecule has 1 saturated carbocycles. The van der Waals surface area contributed by atoms with E-state index in [1.165, 1.54) is 38.8 Å². The van der Waals surface area contributed by atoms with Crippen molar-refractivity contribution in [2.24, 2.45) is 5.41 Å². The number of carbonyl (C=O) groups is 1. The summed E-state index contributed by atoms with van der Waals surface area (Å²) in [6, 6.07) is 0.717. The summed E-state index contributed by atoms with van der Waals surface area (Å²) in [4.78, 5) is 13.9. The molecule has 0 spiro atoms. The highest BCUT2D eigenvalue weighted by Gasteiger charge is 2.44. The van der Waals surface area contributed by atoms with Crippen molar-refractivity contribution < 1.29 is 4.79 Å². The van der Waals surface area contributed by atoms with Crippen LogP contribution in [0.2, 0.25) is 0 Å². The summed E-state index contributed by atoms with van der Waals surface area (Å²) in [5.41, 5.74) is 0.630. The first-order valence-electron chi connectivity index (χ1n) is 7.45. The van der Waals surface area contributed by atoms with Gasteiger partial charge in [0, 0.05) is 32.0 Å². The number of ketones is 1. The van der Waals surface area contributed by atoms with E-state index < -0.39 is 0 Å². The quantitative estimate of drug-likeness (QED) is 0.730. The third kappa shape index (κ3) is 2.90. The van der Waals surface area contributed by atoms with Crippen molar-refractivity contribution in [3.05, 3.63) is 0 Å². The monoisotopic (exact) mass is 237 g/mol. The average Bonchev–Trinajstić information content (AvgIpc) is 2.27. The van der Waals surface area contributed by atoms with Crippen LogP contribution in [0.3, 0.4) is 0 Å². The molecule has 1 saturated heterocycles. The number of Topliss-reactive ketones (excluding diaryl/α,β-unsaturated/α-hetero) is 1. The largest absolute Gasteiger partial charge is 0.300 e. The van der Waals surface area contributed by atoms with Crippen molar-refractivity contribution in [2.75, 3.05) is 13.1 Å². The van der Waals surface area contributed by atoms with Gasteiger partial charge in [-0.3, -0.25) is 9.69 Å². The predicted octanol–water partition coefficient (Wildman–Crippen LogP) is 3.40. The zero-order chi connectivity index (χ0) is 12.3. The van der Waals surface area contributed by atoms with E-state index in [0.29, 0.717) is 11.2 Å². The topological polar surface area (TPSA) is 20.3 Å². The maximum Gasteiger partial charge on any atom is 0.133 e. The van der Waals surface area contributed by atoms with Gasteiger partial charge in [0.2, 0.25) is 0 Å². The van der Waals surface area contributed by atoms with Crippen molar-refractivity contribution in [3.63, 3.8) is 0 Å². The van der Waals surface area contributed by atoms with Crippen LogP contribution < -0.4 is 0 Å². The van der Waals surface area contributed by atoms with Gasteiger partial charge >= 0.3 is 0 Å². The second-order valence-electron chi connectivity index (χ2n) is 6.17. The molecule has 0 aromatic heterocycles. The molecule has 2 nitrogen and oxygen atoms in total. The van der Waals surface area contributed by atoms with Gasteiger partial charge in [-0.1, -0.05) is 26.7 Å². The third-order valence-electron chi connectivity index (χ3n) is 4.67. The maximum atomic E-state index is 11.3. The molecule has 2 fully saturated rings. The number of hydrogen-bond acceptors (Lipinski definition) is 2. The lowest BCUT2D eigenvalue weighted by Crippen LogP contribution is -2.60. The summed E-state index contributed by atoms with van der Waals surface area (Å²) in [7, 11) is 0. The molecule has 0 bridgehead atoms. The lowest BCUT2D eigenvalue weighted by molar-refractivity contribution is -0.123. The van der Waals surface area contributed by atoms with Crippen LogP contribution in [0.4, 0.5) is 0 Å². The van der Waals surface area contributed by atoms with Crippen LogP contribution in [0.5, 0.6) is 0 Å². The van der Waals surface area contributed by atoms with Crippen molar-refractivity contribution in [3.8, 4) is 0 Å². The Balaban J connectivity index is 1.81. The second-order valence-corrected chi connectivity index (χ2v) is 6.17. The summed E-state index contributed by atoms with van der Waals surface area (Å²) in [5, 5.41) is 0. The first kappa shape index (κ1) is 13.1. The number of hydrogen-bond donors (Lipinski definition) is 0. The Hall–Kier alpha value is -0.370. The van der Waals surface area contributed by atoms with E-state index in [-0.39, 0.29) is 0 Å². The van der Waals surface area contributed by atoms with Crippen molar-refractivity contribution in [1.82, 2.24) is 4.90 Å². The molecule has 1 heterocycles. The minimum Gasteiger partial charge on any atom is -0.300 e. The van der Waals surface area contributed by atoms with Gasteiger partial charge in [-0.15, -0.1) is 0 Å². The molecule has 0 aromatic carbocycles. The Morgan fingerprint density at radius 3 is 2.12 bits per heavy atom. The molecule has 0 atom stereocenters. The van der Waals surface area contributed by atoms with E-state index in [0.717, 1.165) is 31.7 Å². The van der Waals surface area contributed by atoms with Crippen LogP contribution in [0.25, 0.3) is 0 Å². The van der Waals surface area contributed by atoms with Gasteiger partial charge in [0.25, 0.3) is 0 Å². The SMILES string of the molecule is CCCC1(CCC)CN(C2CCC(=O)CC2)C1. The van der Waals surface area contributed by atoms with Crippen LogP contribution in [-0.2, 0) is 4.79 Å². The molecule has 2 heteroatoms. The van der Waals surface area contributed by atoms with E-state index in [4.69, 9.17) is 0 Å². The summed E-state index contributed by atoms with van der Waals surface area (Å²) in [6.45, 7) is 7.21. The van der Waals surface area contributed by atoms with Gasteiger partial charge < -0.3 is 0 Å². The fourth-order valence-corrected chi connectivity index (χ4v) is 3.87. The first-order chi connectivity index (χ1) is 8.19. The van der Waals surface area contributed by atoms with Gasteiger partial charge in [-0.2, -0.15) is 0 Å². The van der Waals surface area contributed by atoms with Crippen molar-refractivity contribution in [1.29, 1.82) is 0 Å². The van der Waals surface area contributed by atoms with Crippen LogP contribution >= 0.6 is 0 Å². The minimum atomic E-state index is 0.482. The number of carbonyl (C=O) groups excluding carboxylic acids is 1. The molecule has 17 heavy (non-hydrogen) atoms. The molecular formula is C15H27NO. The minimum absolute atomic E-state index is 0.482. The van der Waals surface area contributed by atoms with Crippen LogP contribution in [0.15, 0.2) is 0 Å². The number of likely N-dealkylation sites (tertiary alicyclic amines) is 1. The smallest absolute Gasteiger partial charge is 0.133 e. The lowest BCUT2D eigenvalue weighted by Gasteiger charge is -2.54. The van der Waals surface area contributed by atoms with Gasteiger partial charge in [0.15, 0.2) is 0 Å². The van der Waals surface area contributed by atoms with Crippen molar-refractivity contribution in [2.45, 2.75) is 71.3 Å². The summed E-state index contributed by atoms with van der Waals surface area (Å²) < 4.78 is 0. The molecule has 2 rings (SSSR count). The summed E-state index contributed by atoms with van der Waals surface area (Å²) in [6.07, 6.45) is 9.31. The number of nitrogens with zero attached hydrogens (tertiary/aromatic N) is 1. The fourth-order valence-electron chi connectivity index (χ4n) is 3.87. The summed E-state index contributed by atoms with van der Waals surface area (Å²) >= 11 is 0. The van der Waals surface area contributed by atoms with Crippen LogP contribution in [0, 0.1) is 5.41 Å². The Labute approximate surface area is 106 Å². The molecule has 2 aliphatic rings. The molecule has 98 valence electrons. The Kier molecular flexibility index (Phi) is 4.24.